The fourth-order valence-electron chi connectivity index (χ4n) is 3.58. The molecule has 3 heterocycles. The van der Waals surface area contributed by atoms with E-state index in [2.05, 4.69) is 15.5 Å². The maximum Gasteiger partial charge on any atom is 0.233 e. The molecule has 1 saturated heterocycles. The number of imide groups is 1. The molecule has 0 saturated carbocycles. The number of rotatable bonds is 5. The van der Waals surface area contributed by atoms with Crippen LogP contribution in [0, 0.1) is 11.8 Å². The van der Waals surface area contributed by atoms with Gasteiger partial charge in [0.1, 0.15) is 0 Å². The molecular weight excluding hydrogens is 334 g/mol. The van der Waals surface area contributed by atoms with Gasteiger partial charge in [0.05, 0.1) is 18.4 Å². The number of nitrogens with zero attached hydrogens (tertiary/aromatic N) is 4. The predicted octanol–water partition coefficient (Wildman–Crippen LogP) is 0.687. The summed E-state index contributed by atoms with van der Waals surface area (Å²) >= 11 is 0. The van der Waals surface area contributed by atoms with Gasteiger partial charge in [0.15, 0.2) is 11.5 Å². The number of carbonyl (C=O) groups is 3. The molecule has 2 aliphatic rings. The molecule has 26 heavy (non-hydrogen) atoms. The summed E-state index contributed by atoms with van der Waals surface area (Å²) in [5.74, 6) is -0.414. The van der Waals surface area contributed by atoms with Gasteiger partial charge in [-0.25, -0.2) is 0 Å². The summed E-state index contributed by atoms with van der Waals surface area (Å²) in [4.78, 5) is 38.1. The molecule has 1 N–H and O–H groups in total. The number of likely N-dealkylation sites (tertiary alicyclic amines) is 1. The van der Waals surface area contributed by atoms with Crippen LogP contribution in [0.1, 0.15) is 25.1 Å². The van der Waals surface area contributed by atoms with Gasteiger partial charge < -0.3 is 5.32 Å². The molecule has 2 aromatic heterocycles. The standard InChI is InChI=1S/C18H19N5O3/c24-16(19-11-15-21-20-14-7-3-4-9-22(14)15)8-10-23-17(25)12-5-1-2-6-13(12)18(23)26/h1-4,7,9,12-13H,5-6,8,10-11H2,(H,19,24). The molecule has 134 valence electrons. The Labute approximate surface area is 149 Å². The first-order valence-electron chi connectivity index (χ1n) is 8.70. The van der Waals surface area contributed by atoms with Crippen LogP contribution >= 0.6 is 0 Å². The monoisotopic (exact) mass is 353 g/mol. The first kappa shape index (κ1) is 16.4. The summed E-state index contributed by atoms with van der Waals surface area (Å²) in [5.41, 5.74) is 0.709. The van der Waals surface area contributed by atoms with Crippen LogP contribution in [0.2, 0.25) is 0 Å². The van der Waals surface area contributed by atoms with E-state index in [1.165, 1.54) is 4.90 Å². The van der Waals surface area contributed by atoms with Crippen molar-refractivity contribution < 1.29 is 14.4 Å². The number of carbonyl (C=O) groups excluding carboxylic acids is 3. The zero-order valence-corrected chi connectivity index (χ0v) is 14.2. The highest BCUT2D eigenvalue weighted by Gasteiger charge is 2.46. The van der Waals surface area contributed by atoms with Crippen LogP contribution < -0.4 is 5.32 Å². The SMILES string of the molecule is O=C(CCN1C(=O)C2CC=CCC2C1=O)NCc1nnc2ccccn12. The van der Waals surface area contributed by atoms with Crippen molar-refractivity contribution in [1.82, 2.24) is 24.8 Å². The Kier molecular flexibility index (Phi) is 4.24. The Bertz CT molecular complexity index is 877. The van der Waals surface area contributed by atoms with Crippen LogP contribution in [-0.2, 0) is 20.9 Å². The van der Waals surface area contributed by atoms with Crippen LogP contribution in [0.5, 0.6) is 0 Å². The van der Waals surface area contributed by atoms with Crippen LogP contribution in [0.3, 0.4) is 0 Å². The summed E-state index contributed by atoms with van der Waals surface area (Å²) in [7, 11) is 0. The van der Waals surface area contributed by atoms with E-state index in [9.17, 15) is 14.4 Å². The number of pyridine rings is 1. The highest BCUT2D eigenvalue weighted by Crippen LogP contribution is 2.34. The lowest BCUT2D eigenvalue weighted by Gasteiger charge is -2.14. The number of allylic oxidation sites excluding steroid dienone is 2. The lowest BCUT2D eigenvalue weighted by molar-refractivity contribution is -0.140. The Hall–Kier alpha value is -3.03. The molecule has 4 rings (SSSR count). The van der Waals surface area contributed by atoms with Crippen LogP contribution in [-0.4, -0.2) is 43.8 Å². The molecule has 1 aliphatic heterocycles. The van der Waals surface area contributed by atoms with Crippen molar-refractivity contribution in [2.24, 2.45) is 11.8 Å². The van der Waals surface area contributed by atoms with Crippen molar-refractivity contribution in [3.63, 3.8) is 0 Å². The minimum atomic E-state index is -0.252. The first-order chi connectivity index (χ1) is 12.6. The topological polar surface area (TPSA) is 96.7 Å². The zero-order chi connectivity index (χ0) is 18.1. The average Bonchev–Trinajstić information content (AvgIpc) is 3.19. The smallest absolute Gasteiger partial charge is 0.233 e. The van der Waals surface area contributed by atoms with E-state index in [0.717, 1.165) is 0 Å². The Morgan fingerprint density at radius 1 is 1.12 bits per heavy atom. The maximum atomic E-state index is 12.4. The van der Waals surface area contributed by atoms with Gasteiger partial charge in [0.25, 0.3) is 0 Å². The van der Waals surface area contributed by atoms with Gasteiger partial charge >= 0.3 is 0 Å². The van der Waals surface area contributed by atoms with Crippen molar-refractivity contribution in [3.8, 4) is 0 Å². The Morgan fingerprint density at radius 2 is 1.85 bits per heavy atom. The van der Waals surface area contributed by atoms with E-state index in [1.807, 2.05) is 36.5 Å². The second kappa shape index (κ2) is 6.70. The minimum Gasteiger partial charge on any atom is -0.349 e. The number of hydrogen-bond acceptors (Lipinski definition) is 5. The quantitative estimate of drug-likeness (QED) is 0.630. The first-order valence-corrected chi connectivity index (χ1v) is 8.70. The maximum absolute atomic E-state index is 12.4. The summed E-state index contributed by atoms with van der Waals surface area (Å²) in [6, 6.07) is 5.56. The van der Waals surface area contributed by atoms with E-state index in [1.54, 1.807) is 4.40 Å². The molecular formula is C18H19N5O3. The third-order valence-electron chi connectivity index (χ3n) is 4.99. The Morgan fingerprint density at radius 3 is 2.58 bits per heavy atom. The van der Waals surface area contributed by atoms with Crippen molar-refractivity contribution in [1.29, 1.82) is 0 Å². The molecule has 2 aromatic rings. The summed E-state index contributed by atoms with van der Waals surface area (Å²) in [5, 5.41) is 10.8. The van der Waals surface area contributed by atoms with Gasteiger partial charge in [-0.15, -0.1) is 10.2 Å². The van der Waals surface area contributed by atoms with Gasteiger partial charge in [-0.05, 0) is 25.0 Å². The van der Waals surface area contributed by atoms with Crippen LogP contribution in [0.4, 0.5) is 0 Å². The van der Waals surface area contributed by atoms with Gasteiger partial charge in [-0.1, -0.05) is 18.2 Å². The fourth-order valence-corrected chi connectivity index (χ4v) is 3.58. The number of aromatic nitrogens is 3. The molecule has 1 aliphatic carbocycles. The summed E-state index contributed by atoms with van der Waals surface area (Å²) in [6.07, 6.45) is 7.03. The highest BCUT2D eigenvalue weighted by molar-refractivity contribution is 6.05. The highest BCUT2D eigenvalue weighted by atomic mass is 16.2. The van der Waals surface area contributed by atoms with E-state index in [4.69, 9.17) is 0 Å². The van der Waals surface area contributed by atoms with E-state index >= 15 is 0 Å². The molecule has 2 atom stereocenters. The molecule has 2 unspecified atom stereocenters. The van der Waals surface area contributed by atoms with Gasteiger partial charge in [0, 0.05) is 19.2 Å². The van der Waals surface area contributed by atoms with E-state index in [-0.39, 0.29) is 49.1 Å². The second-order valence-electron chi connectivity index (χ2n) is 6.56. The van der Waals surface area contributed by atoms with Gasteiger partial charge in [0.2, 0.25) is 17.7 Å². The third kappa shape index (κ3) is 2.87. The van der Waals surface area contributed by atoms with Crippen molar-refractivity contribution in [2.45, 2.75) is 25.8 Å². The molecule has 1 fully saturated rings. The summed E-state index contributed by atoms with van der Waals surface area (Å²) in [6.45, 7) is 0.359. The number of hydrogen-bond donors (Lipinski definition) is 1. The number of fused-ring (bicyclic) bond motifs is 2. The van der Waals surface area contributed by atoms with Crippen LogP contribution in [0.25, 0.3) is 5.65 Å². The number of nitrogens with one attached hydrogen (secondary N) is 1. The average molecular weight is 353 g/mol. The van der Waals surface area contributed by atoms with Crippen molar-refractivity contribution >= 4 is 23.4 Å². The predicted molar refractivity (Wildman–Crippen MR) is 91.5 cm³/mol. The number of amides is 3. The van der Waals surface area contributed by atoms with E-state index < -0.39 is 0 Å². The molecule has 0 radical (unpaired) electrons. The third-order valence-corrected chi connectivity index (χ3v) is 4.99. The minimum absolute atomic E-state index is 0.0844. The fraction of sp³-hybridized carbons (Fsp3) is 0.389. The van der Waals surface area contributed by atoms with E-state index in [0.29, 0.717) is 24.3 Å². The zero-order valence-electron chi connectivity index (χ0n) is 14.2. The molecule has 0 aromatic carbocycles. The Balaban J connectivity index is 1.32. The van der Waals surface area contributed by atoms with Gasteiger partial charge in [-0.3, -0.25) is 23.7 Å². The molecule has 3 amide bonds. The molecule has 8 nitrogen and oxygen atoms in total. The van der Waals surface area contributed by atoms with Gasteiger partial charge in [-0.2, -0.15) is 0 Å². The van der Waals surface area contributed by atoms with Crippen molar-refractivity contribution in [2.75, 3.05) is 6.54 Å². The molecule has 0 bridgehead atoms. The summed E-state index contributed by atoms with van der Waals surface area (Å²) < 4.78 is 1.80. The normalized spacial score (nSPS) is 22.1. The largest absolute Gasteiger partial charge is 0.349 e. The molecule has 0 spiro atoms. The second-order valence-corrected chi connectivity index (χ2v) is 6.56. The lowest BCUT2D eigenvalue weighted by Crippen LogP contribution is -2.35. The van der Waals surface area contributed by atoms with Crippen molar-refractivity contribution in [3.05, 3.63) is 42.4 Å². The lowest BCUT2D eigenvalue weighted by atomic mass is 9.85. The molecule has 8 heteroatoms. The van der Waals surface area contributed by atoms with Crippen LogP contribution in [0.15, 0.2) is 36.5 Å².